The molecule has 0 radical (unpaired) electrons. The number of hydrogen-bond donors (Lipinski definition) is 1. The van der Waals surface area contributed by atoms with Crippen molar-refractivity contribution < 1.29 is 9.15 Å². The summed E-state index contributed by atoms with van der Waals surface area (Å²) < 4.78 is 10.8. The van der Waals surface area contributed by atoms with Crippen LogP contribution in [-0.4, -0.2) is 11.5 Å². The molecule has 0 unspecified atom stereocenters. The smallest absolute Gasteiger partial charge is 0.181 e. The van der Waals surface area contributed by atoms with Gasteiger partial charge in [-0.15, -0.1) is 0 Å². The van der Waals surface area contributed by atoms with Crippen molar-refractivity contribution in [2.24, 2.45) is 0 Å². The summed E-state index contributed by atoms with van der Waals surface area (Å²) in [5, 5.41) is 4.04. The molecule has 0 saturated carbocycles. The van der Waals surface area contributed by atoms with Crippen molar-refractivity contribution >= 4 is 11.6 Å². The van der Waals surface area contributed by atoms with Crippen LogP contribution < -0.4 is 10.1 Å². The largest absolute Gasteiger partial charge is 0.484 e. The van der Waals surface area contributed by atoms with E-state index >= 15 is 0 Å². The number of ether oxygens (including phenoxy) is 1. The first-order chi connectivity index (χ1) is 8.84. The van der Waals surface area contributed by atoms with Crippen LogP contribution >= 0.6 is 11.6 Å². The highest BCUT2D eigenvalue weighted by atomic mass is 35.5. The second-order valence-corrected chi connectivity index (χ2v) is 4.58. The third kappa shape index (κ3) is 2.21. The summed E-state index contributed by atoms with van der Waals surface area (Å²) in [6.07, 6.45) is 3.96. The van der Waals surface area contributed by atoms with Crippen LogP contribution in [0.3, 0.4) is 0 Å². The van der Waals surface area contributed by atoms with Gasteiger partial charge in [0.15, 0.2) is 12.2 Å². The molecule has 1 aromatic carbocycles. The van der Waals surface area contributed by atoms with Crippen molar-refractivity contribution in [3.05, 3.63) is 46.6 Å². The van der Waals surface area contributed by atoms with Crippen LogP contribution in [0.25, 0.3) is 0 Å². The van der Waals surface area contributed by atoms with Gasteiger partial charge in [-0.05, 0) is 30.2 Å². The topological polar surface area (TPSA) is 47.3 Å². The lowest BCUT2D eigenvalue weighted by Crippen LogP contribution is -2.23. The van der Waals surface area contributed by atoms with Crippen LogP contribution in [0.15, 0.2) is 29.1 Å². The molecule has 1 N–H and O–H groups in total. The van der Waals surface area contributed by atoms with Gasteiger partial charge in [0, 0.05) is 6.54 Å². The number of fused-ring (bicyclic) bond motifs is 1. The molecule has 1 aliphatic heterocycles. The van der Waals surface area contributed by atoms with Crippen molar-refractivity contribution in [1.29, 1.82) is 0 Å². The minimum Gasteiger partial charge on any atom is -0.484 e. The van der Waals surface area contributed by atoms with Gasteiger partial charge in [-0.1, -0.05) is 17.7 Å². The van der Waals surface area contributed by atoms with E-state index in [0.29, 0.717) is 23.1 Å². The van der Waals surface area contributed by atoms with E-state index in [9.17, 15) is 0 Å². The van der Waals surface area contributed by atoms with E-state index in [1.807, 2.05) is 6.07 Å². The number of oxazole rings is 1. The zero-order chi connectivity index (χ0) is 12.4. The Morgan fingerprint density at radius 3 is 3.22 bits per heavy atom. The lowest BCUT2D eigenvalue weighted by molar-refractivity contribution is 0.270. The van der Waals surface area contributed by atoms with Gasteiger partial charge in [0.2, 0.25) is 0 Å². The Kier molecular flexibility index (Phi) is 3.21. The standard InChI is InChI=1S/C13H13ClN2O2/c14-13-11-3-4-15-5-9(11)1-2-12(13)17-7-10-6-16-8-18-10/h1-2,6,8,15H,3-5,7H2. The number of benzene rings is 1. The molecule has 4 nitrogen and oxygen atoms in total. The van der Waals surface area contributed by atoms with E-state index in [-0.39, 0.29) is 0 Å². The Bertz CT molecular complexity index is 540. The Balaban J connectivity index is 1.80. The molecule has 2 aromatic rings. The average molecular weight is 265 g/mol. The second kappa shape index (κ2) is 5.00. The third-order valence-corrected chi connectivity index (χ3v) is 3.44. The van der Waals surface area contributed by atoms with Crippen LogP contribution in [0.4, 0.5) is 0 Å². The summed E-state index contributed by atoms with van der Waals surface area (Å²) in [4.78, 5) is 3.84. The predicted molar refractivity (Wildman–Crippen MR) is 67.7 cm³/mol. The Hall–Kier alpha value is -1.52. The van der Waals surface area contributed by atoms with Gasteiger partial charge in [0.05, 0.1) is 11.2 Å². The summed E-state index contributed by atoms with van der Waals surface area (Å²) in [6, 6.07) is 3.97. The number of nitrogens with zero attached hydrogens (tertiary/aromatic N) is 1. The highest BCUT2D eigenvalue weighted by molar-refractivity contribution is 6.33. The molecule has 0 atom stereocenters. The molecule has 0 bridgehead atoms. The second-order valence-electron chi connectivity index (χ2n) is 4.20. The van der Waals surface area contributed by atoms with Crippen molar-refractivity contribution in [2.75, 3.05) is 6.54 Å². The highest BCUT2D eigenvalue weighted by Gasteiger charge is 2.15. The zero-order valence-corrected chi connectivity index (χ0v) is 10.5. The summed E-state index contributed by atoms with van der Waals surface area (Å²) in [5.41, 5.74) is 2.43. The van der Waals surface area contributed by atoms with Gasteiger partial charge in [-0.2, -0.15) is 0 Å². The highest BCUT2D eigenvalue weighted by Crippen LogP contribution is 2.32. The Morgan fingerprint density at radius 2 is 2.39 bits per heavy atom. The number of aromatic nitrogens is 1. The monoisotopic (exact) mass is 264 g/mol. The quantitative estimate of drug-likeness (QED) is 0.926. The minimum absolute atomic E-state index is 0.344. The molecule has 5 heteroatoms. The first kappa shape index (κ1) is 11.6. The Morgan fingerprint density at radius 1 is 1.44 bits per heavy atom. The molecule has 3 rings (SSSR count). The molecule has 0 saturated heterocycles. The first-order valence-electron chi connectivity index (χ1n) is 5.86. The molecule has 0 aliphatic carbocycles. The fourth-order valence-corrected chi connectivity index (χ4v) is 2.42. The number of nitrogens with one attached hydrogen (secondary N) is 1. The minimum atomic E-state index is 0.344. The summed E-state index contributed by atoms with van der Waals surface area (Å²) in [5.74, 6) is 1.39. The van der Waals surface area contributed by atoms with E-state index in [0.717, 1.165) is 19.5 Å². The van der Waals surface area contributed by atoms with Crippen LogP contribution in [-0.2, 0) is 19.6 Å². The van der Waals surface area contributed by atoms with E-state index < -0.39 is 0 Å². The fourth-order valence-electron chi connectivity index (χ4n) is 2.09. The molecule has 94 valence electrons. The zero-order valence-electron chi connectivity index (χ0n) is 9.78. The van der Waals surface area contributed by atoms with Crippen molar-refractivity contribution in [2.45, 2.75) is 19.6 Å². The van der Waals surface area contributed by atoms with Crippen LogP contribution in [0, 0.1) is 0 Å². The fraction of sp³-hybridized carbons (Fsp3) is 0.308. The van der Waals surface area contributed by atoms with Gasteiger partial charge in [0.25, 0.3) is 0 Å². The SMILES string of the molecule is Clc1c(OCc2cnco2)ccc2c1CCNC2. The molecular formula is C13H13ClN2O2. The molecule has 2 heterocycles. The van der Waals surface area contributed by atoms with Gasteiger partial charge in [-0.3, -0.25) is 0 Å². The molecule has 1 aromatic heterocycles. The van der Waals surface area contributed by atoms with Crippen LogP contribution in [0.5, 0.6) is 5.75 Å². The van der Waals surface area contributed by atoms with Gasteiger partial charge >= 0.3 is 0 Å². The number of rotatable bonds is 3. The summed E-state index contributed by atoms with van der Waals surface area (Å²) in [6.45, 7) is 2.17. The lowest BCUT2D eigenvalue weighted by Gasteiger charge is -2.20. The van der Waals surface area contributed by atoms with Crippen molar-refractivity contribution in [1.82, 2.24) is 10.3 Å². The average Bonchev–Trinajstić information content (AvgIpc) is 2.91. The van der Waals surface area contributed by atoms with Crippen LogP contribution in [0.1, 0.15) is 16.9 Å². The van der Waals surface area contributed by atoms with Gasteiger partial charge in [0.1, 0.15) is 12.4 Å². The number of halogens is 1. The van der Waals surface area contributed by atoms with Crippen molar-refractivity contribution in [3.63, 3.8) is 0 Å². The summed E-state index contributed by atoms with van der Waals surface area (Å²) in [7, 11) is 0. The maximum absolute atomic E-state index is 6.37. The van der Waals surface area contributed by atoms with E-state index in [2.05, 4.69) is 16.4 Å². The molecular weight excluding hydrogens is 252 g/mol. The Labute approximate surface area is 110 Å². The molecule has 1 aliphatic rings. The molecule has 0 spiro atoms. The molecule has 18 heavy (non-hydrogen) atoms. The van der Waals surface area contributed by atoms with Crippen LogP contribution in [0.2, 0.25) is 5.02 Å². The molecule has 0 amide bonds. The van der Waals surface area contributed by atoms with Gasteiger partial charge < -0.3 is 14.5 Å². The van der Waals surface area contributed by atoms with Gasteiger partial charge in [-0.25, -0.2) is 4.98 Å². The van der Waals surface area contributed by atoms with E-state index in [4.69, 9.17) is 20.8 Å². The van der Waals surface area contributed by atoms with Crippen molar-refractivity contribution in [3.8, 4) is 5.75 Å². The normalized spacial score (nSPS) is 14.3. The number of hydrogen-bond acceptors (Lipinski definition) is 4. The third-order valence-electron chi connectivity index (χ3n) is 3.03. The first-order valence-corrected chi connectivity index (χ1v) is 6.23. The predicted octanol–water partition coefficient (Wildman–Crippen LogP) is 2.55. The maximum atomic E-state index is 6.37. The summed E-state index contributed by atoms with van der Waals surface area (Å²) >= 11 is 6.37. The maximum Gasteiger partial charge on any atom is 0.181 e. The van der Waals surface area contributed by atoms with E-state index in [1.165, 1.54) is 17.5 Å². The molecule has 0 fully saturated rings. The lowest BCUT2D eigenvalue weighted by atomic mass is 10.0. The van der Waals surface area contributed by atoms with E-state index in [1.54, 1.807) is 6.20 Å².